The summed E-state index contributed by atoms with van der Waals surface area (Å²) in [5.74, 6) is -1.38. The van der Waals surface area contributed by atoms with Gasteiger partial charge in [-0.15, -0.1) is 0 Å². The first-order valence-corrected chi connectivity index (χ1v) is 11.9. The van der Waals surface area contributed by atoms with Gasteiger partial charge in [-0.05, 0) is 41.5 Å². The van der Waals surface area contributed by atoms with Crippen molar-refractivity contribution in [1.82, 2.24) is 10.3 Å². The molecular formula is C25H23N3O5S. The number of aromatic nitrogens is 1. The zero-order valence-corrected chi connectivity index (χ0v) is 19.1. The molecule has 8 nitrogen and oxygen atoms in total. The molecule has 2 amide bonds. The number of amides is 2. The van der Waals surface area contributed by atoms with Gasteiger partial charge in [0.1, 0.15) is 11.5 Å². The molecule has 9 heteroatoms. The van der Waals surface area contributed by atoms with Crippen LogP contribution in [-0.2, 0) is 9.53 Å². The molecule has 3 N–H and O–H groups in total. The van der Waals surface area contributed by atoms with Crippen LogP contribution in [0.2, 0.25) is 0 Å². The molecule has 1 aromatic heterocycles. The number of carbonyl (C=O) groups is 3. The fourth-order valence-electron chi connectivity index (χ4n) is 4.70. The third-order valence-electron chi connectivity index (χ3n) is 6.46. The van der Waals surface area contributed by atoms with E-state index in [4.69, 9.17) is 9.84 Å². The summed E-state index contributed by atoms with van der Waals surface area (Å²) < 4.78 is 5.52. The minimum Gasteiger partial charge on any atom is -0.481 e. The number of hydrogen-bond donors (Lipinski definition) is 3. The van der Waals surface area contributed by atoms with Gasteiger partial charge in [0.25, 0.3) is 5.91 Å². The Labute approximate surface area is 200 Å². The minimum atomic E-state index is -0.943. The lowest BCUT2D eigenvalue weighted by molar-refractivity contribution is -0.139. The van der Waals surface area contributed by atoms with Gasteiger partial charge in [-0.1, -0.05) is 59.9 Å². The molecule has 2 aromatic carbocycles. The summed E-state index contributed by atoms with van der Waals surface area (Å²) in [7, 11) is 0. The van der Waals surface area contributed by atoms with Crippen LogP contribution < -0.4 is 10.6 Å². The van der Waals surface area contributed by atoms with Gasteiger partial charge < -0.3 is 15.2 Å². The lowest BCUT2D eigenvalue weighted by Gasteiger charge is -2.41. The monoisotopic (exact) mass is 477 g/mol. The second-order valence-corrected chi connectivity index (χ2v) is 9.67. The summed E-state index contributed by atoms with van der Waals surface area (Å²) >= 11 is 1.02. The number of nitrogens with zero attached hydrogens (tertiary/aromatic N) is 1. The van der Waals surface area contributed by atoms with Gasteiger partial charge in [0, 0.05) is 5.92 Å². The third-order valence-corrected chi connectivity index (χ3v) is 7.37. The van der Waals surface area contributed by atoms with Crippen LogP contribution in [0.3, 0.4) is 0 Å². The highest BCUT2D eigenvalue weighted by atomic mass is 32.1. The average molecular weight is 478 g/mol. The van der Waals surface area contributed by atoms with E-state index in [-0.39, 0.29) is 30.0 Å². The fraction of sp³-hybridized carbons (Fsp3) is 0.280. The Kier molecular flexibility index (Phi) is 5.79. The third kappa shape index (κ3) is 4.26. The Hall–Kier alpha value is -3.72. The normalized spacial score (nSPS) is 15.5. The van der Waals surface area contributed by atoms with Gasteiger partial charge in [0.15, 0.2) is 5.13 Å². The van der Waals surface area contributed by atoms with E-state index in [0.29, 0.717) is 17.7 Å². The predicted octanol–water partition coefficient (Wildman–Crippen LogP) is 4.63. The first-order chi connectivity index (χ1) is 16.4. The number of aliphatic carboxylic acids is 1. The van der Waals surface area contributed by atoms with Crippen molar-refractivity contribution in [1.29, 1.82) is 0 Å². The molecule has 1 saturated carbocycles. The molecule has 34 heavy (non-hydrogen) atoms. The molecule has 0 spiro atoms. The summed E-state index contributed by atoms with van der Waals surface area (Å²) in [5.41, 5.74) is 3.84. The maximum Gasteiger partial charge on any atom is 0.413 e. The van der Waals surface area contributed by atoms with E-state index < -0.39 is 17.6 Å². The lowest BCUT2D eigenvalue weighted by atomic mass is 9.74. The maximum atomic E-state index is 12.6. The van der Waals surface area contributed by atoms with Crippen LogP contribution >= 0.6 is 11.3 Å². The van der Waals surface area contributed by atoms with E-state index >= 15 is 0 Å². The van der Waals surface area contributed by atoms with E-state index in [0.717, 1.165) is 40.0 Å². The Balaban J connectivity index is 1.20. The quantitative estimate of drug-likeness (QED) is 0.457. The molecule has 5 rings (SSSR count). The standard InChI is InChI=1S/C25H23N3O5S/c29-21(30)12-25(10-5-11-25)28-22(31)20-13-26-23(34-20)27-24(32)33-14-19-17-8-3-1-6-15(17)16-7-2-4-9-18(16)19/h1-4,6-9,13,19H,5,10-12,14H2,(H,28,31)(H,29,30)(H,26,27,32). The predicted molar refractivity (Wildman–Crippen MR) is 127 cm³/mol. The zero-order chi connectivity index (χ0) is 23.7. The van der Waals surface area contributed by atoms with E-state index in [1.165, 1.54) is 6.20 Å². The summed E-state index contributed by atoms with van der Waals surface area (Å²) in [5, 5.41) is 14.8. The Morgan fingerprint density at radius 2 is 1.71 bits per heavy atom. The number of nitrogens with one attached hydrogen (secondary N) is 2. The van der Waals surface area contributed by atoms with Crippen molar-refractivity contribution in [2.45, 2.75) is 37.1 Å². The molecule has 0 atom stereocenters. The number of carboxylic acids is 1. The molecular weight excluding hydrogens is 454 g/mol. The topological polar surface area (TPSA) is 118 Å². The van der Waals surface area contributed by atoms with Crippen molar-refractivity contribution in [3.63, 3.8) is 0 Å². The van der Waals surface area contributed by atoms with Gasteiger partial charge in [-0.25, -0.2) is 9.78 Å². The van der Waals surface area contributed by atoms with Crippen molar-refractivity contribution >= 4 is 34.4 Å². The van der Waals surface area contributed by atoms with Gasteiger partial charge >= 0.3 is 12.1 Å². The van der Waals surface area contributed by atoms with E-state index in [1.807, 2.05) is 36.4 Å². The number of benzene rings is 2. The van der Waals surface area contributed by atoms with Crippen LogP contribution in [0.15, 0.2) is 54.7 Å². The summed E-state index contributed by atoms with van der Waals surface area (Å²) in [6.45, 7) is 0.177. The molecule has 0 bridgehead atoms. The Morgan fingerprint density at radius 3 is 2.29 bits per heavy atom. The van der Waals surface area contributed by atoms with E-state index in [9.17, 15) is 14.4 Å². The van der Waals surface area contributed by atoms with E-state index in [1.54, 1.807) is 0 Å². The number of carbonyl (C=O) groups excluding carboxylic acids is 2. The van der Waals surface area contributed by atoms with Crippen molar-refractivity contribution in [2.75, 3.05) is 11.9 Å². The Bertz CT molecular complexity index is 1220. The van der Waals surface area contributed by atoms with Crippen LogP contribution in [0.1, 0.15) is 52.4 Å². The second-order valence-electron chi connectivity index (χ2n) is 8.64. The van der Waals surface area contributed by atoms with Gasteiger partial charge in [0.05, 0.1) is 18.2 Å². The largest absolute Gasteiger partial charge is 0.481 e. The number of rotatable bonds is 7. The molecule has 0 unspecified atom stereocenters. The van der Waals surface area contributed by atoms with Crippen LogP contribution in [0.4, 0.5) is 9.93 Å². The number of anilines is 1. The highest BCUT2D eigenvalue weighted by molar-refractivity contribution is 7.17. The average Bonchev–Trinajstić information content (AvgIpc) is 3.39. The lowest BCUT2D eigenvalue weighted by Crippen LogP contribution is -2.54. The second kappa shape index (κ2) is 8.90. The van der Waals surface area contributed by atoms with Gasteiger partial charge in [-0.2, -0.15) is 0 Å². The smallest absolute Gasteiger partial charge is 0.413 e. The Morgan fingerprint density at radius 1 is 1.06 bits per heavy atom. The number of thiazole rings is 1. The highest BCUT2D eigenvalue weighted by Gasteiger charge is 2.40. The molecule has 0 radical (unpaired) electrons. The number of carboxylic acid groups (broad SMARTS) is 1. The van der Waals surface area contributed by atoms with Crippen LogP contribution in [-0.4, -0.2) is 40.2 Å². The molecule has 1 heterocycles. The van der Waals surface area contributed by atoms with Crippen molar-refractivity contribution < 1.29 is 24.2 Å². The number of ether oxygens (including phenoxy) is 1. The van der Waals surface area contributed by atoms with Gasteiger partial charge in [-0.3, -0.25) is 14.9 Å². The molecule has 2 aliphatic rings. The van der Waals surface area contributed by atoms with Crippen molar-refractivity contribution in [3.8, 4) is 11.1 Å². The molecule has 2 aliphatic carbocycles. The summed E-state index contributed by atoms with van der Waals surface area (Å²) in [6.07, 6.45) is 2.76. The molecule has 0 aliphatic heterocycles. The zero-order valence-electron chi connectivity index (χ0n) is 18.2. The minimum absolute atomic E-state index is 0.0521. The molecule has 1 fully saturated rings. The summed E-state index contributed by atoms with van der Waals surface area (Å²) in [6, 6.07) is 16.2. The molecule has 3 aromatic rings. The highest BCUT2D eigenvalue weighted by Crippen LogP contribution is 2.44. The summed E-state index contributed by atoms with van der Waals surface area (Å²) in [4.78, 5) is 40.5. The van der Waals surface area contributed by atoms with Crippen LogP contribution in [0.5, 0.6) is 0 Å². The SMILES string of the molecule is O=C(O)CC1(NC(=O)c2cnc(NC(=O)OCC3c4ccccc4-c4ccccc43)s2)CCC1. The van der Waals surface area contributed by atoms with Crippen molar-refractivity contribution in [2.24, 2.45) is 0 Å². The fourth-order valence-corrected chi connectivity index (χ4v) is 5.40. The number of hydrogen-bond acceptors (Lipinski definition) is 6. The van der Waals surface area contributed by atoms with Crippen LogP contribution in [0.25, 0.3) is 11.1 Å². The van der Waals surface area contributed by atoms with Crippen molar-refractivity contribution in [3.05, 3.63) is 70.7 Å². The van der Waals surface area contributed by atoms with Crippen LogP contribution in [0, 0.1) is 0 Å². The molecule has 0 saturated heterocycles. The first-order valence-electron chi connectivity index (χ1n) is 11.1. The maximum absolute atomic E-state index is 12.6. The van der Waals surface area contributed by atoms with E-state index in [2.05, 4.69) is 27.8 Å². The molecule has 174 valence electrons. The first kappa shape index (κ1) is 22.1. The van der Waals surface area contributed by atoms with Gasteiger partial charge in [0.2, 0.25) is 0 Å². The number of fused-ring (bicyclic) bond motifs is 3.